The maximum atomic E-state index is 0. The van der Waals surface area contributed by atoms with Crippen LogP contribution >= 0.6 is 0 Å². The second-order valence-corrected chi connectivity index (χ2v) is 0. The summed E-state index contributed by atoms with van der Waals surface area (Å²) in [5.41, 5.74) is 0. The van der Waals surface area contributed by atoms with Crippen LogP contribution in [0.2, 0.25) is 0 Å². The molecule has 0 fully saturated rings. The fourth-order valence-electron chi connectivity index (χ4n) is 0. The molecule has 6 heteroatoms. The molecule has 0 spiro atoms. The largest absolute Gasteiger partial charge is 3.00 e. The van der Waals surface area contributed by atoms with Crippen molar-refractivity contribution in [3.63, 3.8) is 0 Å². The van der Waals surface area contributed by atoms with E-state index in [-0.39, 0.29) is 42.3 Å². The first kappa shape index (κ1) is 3740. The maximum absolute atomic E-state index is 0. The summed E-state index contributed by atoms with van der Waals surface area (Å²) in [6.45, 7) is 0. The van der Waals surface area contributed by atoms with Gasteiger partial charge in [0.1, 0.15) is 0 Å². The first-order chi connectivity index (χ1) is 0. The van der Waals surface area contributed by atoms with Gasteiger partial charge in [0.2, 0.25) is 0 Å². The Labute approximate surface area is 43.3 Å². The van der Waals surface area contributed by atoms with Gasteiger partial charge in [-0.2, -0.15) is 0 Å². The molecule has 0 unspecified atom stereocenters. The quantitative estimate of drug-likeness (QED) is 0.329. The molecule has 0 aromatic heterocycles. The molecule has 0 heterocycles. The Kier molecular flexibility index (Phi) is 1280000. The zero-order chi connectivity index (χ0) is 0. The van der Waals surface area contributed by atoms with Crippen LogP contribution in [0.5, 0.6) is 0 Å². The SMILES string of the molecule is [Cr+3].[F-].[F-].[F-].[F-].[NH4+]. The summed E-state index contributed by atoms with van der Waals surface area (Å²) in [6, 6.07) is 0. The van der Waals surface area contributed by atoms with Gasteiger partial charge in [-0.15, -0.1) is 0 Å². The zero-order valence-electron chi connectivity index (χ0n) is 2.92. The van der Waals surface area contributed by atoms with Crippen LogP contribution in [0.15, 0.2) is 0 Å². The van der Waals surface area contributed by atoms with E-state index in [0.29, 0.717) is 0 Å². The van der Waals surface area contributed by atoms with Gasteiger partial charge < -0.3 is 25.0 Å². The monoisotopic (exact) mass is 146 g/mol. The van der Waals surface area contributed by atoms with E-state index < -0.39 is 0 Å². The Hall–Kier alpha value is 0.212. The molecule has 1 radical (unpaired) electrons. The average Bonchev–Trinajstić information content (AvgIpc) is 0. The van der Waals surface area contributed by atoms with Crippen molar-refractivity contribution in [3.05, 3.63) is 0 Å². The molecule has 0 bridgehead atoms. The Morgan fingerprint density at radius 2 is 0.500 bits per heavy atom. The predicted octanol–water partition coefficient (Wildman–Crippen LogP) is -11.6. The third-order valence-corrected chi connectivity index (χ3v) is 0. The van der Waals surface area contributed by atoms with Crippen molar-refractivity contribution in [1.29, 1.82) is 0 Å². The second-order valence-electron chi connectivity index (χ2n) is 0. The summed E-state index contributed by atoms with van der Waals surface area (Å²) in [5, 5.41) is 0. The summed E-state index contributed by atoms with van der Waals surface area (Å²) in [5.74, 6) is 0. The van der Waals surface area contributed by atoms with Crippen LogP contribution in [0.4, 0.5) is 0 Å². The van der Waals surface area contributed by atoms with Crippen molar-refractivity contribution < 1.29 is 36.2 Å². The van der Waals surface area contributed by atoms with E-state index in [1.807, 2.05) is 0 Å². The normalized spacial score (nSPS) is 0. The Balaban J connectivity index is 0. The Bertz CT molecular complexity index is 7.51. The first-order valence-corrected chi connectivity index (χ1v) is 0. The minimum atomic E-state index is 0. The molecule has 43 valence electrons. The smallest absolute Gasteiger partial charge is 1.00 e. The fourth-order valence-corrected chi connectivity index (χ4v) is 0. The molecule has 0 aliphatic carbocycles. The molecular weight excluding hydrogens is 142 g/mol. The molecule has 0 saturated heterocycles. The first-order valence-electron chi connectivity index (χ1n) is 0. The molecule has 0 aromatic rings. The van der Waals surface area contributed by atoms with Crippen molar-refractivity contribution >= 4 is 0 Å². The molecule has 0 saturated carbocycles. The summed E-state index contributed by atoms with van der Waals surface area (Å²) < 4.78 is 0. The van der Waals surface area contributed by atoms with Gasteiger partial charge in [-0.1, -0.05) is 0 Å². The molecule has 0 aliphatic rings. The zero-order valence-corrected chi connectivity index (χ0v) is 4.20. The molecule has 1 nitrogen and oxygen atoms in total. The molecule has 0 rings (SSSR count). The van der Waals surface area contributed by atoms with E-state index in [1.165, 1.54) is 0 Å². The van der Waals surface area contributed by atoms with E-state index in [2.05, 4.69) is 0 Å². The minimum Gasteiger partial charge on any atom is -1.00 e. The number of hydrogen-bond donors (Lipinski definition) is 1. The fraction of sp³-hybridized carbons (Fsp3) is 0. The Morgan fingerprint density at radius 1 is 0.500 bits per heavy atom. The predicted molar refractivity (Wildman–Crippen MR) is 5.98 cm³/mol. The van der Waals surface area contributed by atoms with E-state index >= 15 is 0 Å². The minimum absolute atomic E-state index is 0. The van der Waals surface area contributed by atoms with Gasteiger partial charge >= 0.3 is 17.4 Å². The Morgan fingerprint density at radius 3 is 0.500 bits per heavy atom. The van der Waals surface area contributed by atoms with E-state index in [1.54, 1.807) is 0 Å². The van der Waals surface area contributed by atoms with Crippen LogP contribution in [-0.2, 0) is 17.4 Å². The summed E-state index contributed by atoms with van der Waals surface area (Å²) in [6.07, 6.45) is 0. The second kappa shape index (κ2) is 2050. The topological polar surface area (TPSA) is 36.5 Å². The molecule has 0 aromatic carbocycles. The van der Waals surface area contributed by atoms with Crippen LogP contribution in [0.3, 0.4) is 0 Å². The maximum Gasteiger partial charge on any atom is 3.00 e. The average molecular weight is 146 g/mol. The third kappa shape index (κ3) is 963. The molecule has 4 N–H and O–H groups in total. The van der Waals surface area contributed by atoms with Crippen LogP contribution in [-0.4, -0.2) is 0 Å². The van der Waals surface area contributed by atoms with Gasteiger partial charge in [-0.3, -0.25) is 0 Å². The summed E-state index contributed by atoms with van der Waals surface area (Å²) >= 11 is 0. The molecule has 0 amide bonds. The number of hydrogen-bond acceptors (Lipinski definition) is 0. The van der Waals surface area contributed by atoms with Crippen LogP contribution in [0.25, 0.3) is 0 Å². The van der Waals surface area contributed by atoms with Gasteiger partial charge in [-0.05, 0) is 0 Å². The molecule has 0 aliphatic heterocycles. The van der Waals surface area contributed by atoms with Crippen molar-refractivity contribution in [2.24, 2.45) is 0 Å². The standard InChI is InChI=1S/Cr.4FH.H3N/h;4*1H;1H3/q+3;;;;;/p-3. The van der Waals surface area contributed by atoms with Crippen molar-refractivity contribution in [2.45, 2.75) is 0 Å². The van der Waals surface area contributed by atoms with Gasteiger partial charge in [0.15, 0.2) is 0 Å². The molecule has 0 atom stereocenters. The summed E-state index contributed by atoms with van der Waals surface area (Å²) in [7, 11) is 0. The number of quaternary nitrogens is 1. The van der Waals surface area contributed by atoms with E-state index in [9.17, 15) is 0 Å². The van der Waals surface area contributed by atoms with Crippen LogP contribution in [0.1, 0.15) is 0 Å². The van der Waals surface area contributed by atoms with Crippen molar-refractivity contribution in [1.82, 2.24) is 6.15 Å². The van der Waals surface area contributed by atoms with Gasteiger partial charge in [0, 0.05) is 0 Å². The van der Waals surface area contributed by atoms with Crippen LogP contribution in [0, 0.1) is 0 Å². The van der Waals surface area contributed by atoms with Gasteiger partial charge in [0.25, 0.3) is 0 Å². The third-order valence-electron chi connectivity index (χ3n) is 0. The van der Waals surface area contributed by atoms with E-state index in [4.69, 9.17) is 0 Å². The number of rotatable bonds is 0. The van der Waals surface area contributed by atoms with Crippen molar-refractivity contribution in [2.75, 3.05) is 0 Å². The van der Waals surface area contributed by atoms with Crippen molar-refractivity contribution in [3.8, 4) is 0 Å². The molecular formula is H4CrF4N. The van der Waals surface area contributed by atoms with Crippen LogP contribution < -0.4 is 25.0 Å². The molecule has 6 heavy (non-hydrogen) atoms. The van der Waals surface area contributed by atoms with Gasteiger partial charge in [0.05, 0.1) is 0 Å². The summed E-state index contributed by atoms with van der Waals surface area (Å²) in [4.78, 5) is 0. The van der Waals surface area contributed by atoms with Gasteiger partial charge in [-0.25, -0.2) is 0 Å². The van der Waals surface area contributed by atoms with E-state index in [0.717, 1.165) is 0 Å². The number of halogens is 4.